The van der Waals surface area contributed by atoms with Crippen LogP contribution in [0.2, 0.25) is 0 Å². The fraction of sp³-hybridized carbons (Fsp3) is 0.214. The van der Waals surface area contributed by atoms with E-state index in [1.54, 1.807) is 0 Å². The van der Waals surface area contributed by atoms with Crippen molar-refractivity contribution in [2.24, 2.45) is 0 Å². The number of rotatable bonds is 1. The van der Waals surface area contributed by atoms with E-state index in [9.17, 15) is 0 Å². The fourth-order valence-electron chi connectivity index (χ4n) is 4.26. The molecule has 1 heterocycles. The Morgan fingerprint density at radius 2 is 1.44 bits per heavy atom. The number of fused-ring (bicyclic) bond motifs is 2. The van der Waals surface area contributed by atoms with E-state index in [1.165, 1.54) is 60.9 Å². The number of aryl methyl sites for hydroxylation is 3. The zero-order valence-electron chi connectivity index (χ0n) is 19.6. The zero-order valence-corrected chi connectivity index (χ0v) is 24.7. The minimum Gasteiger partial charge on any atom is -1.00 e. The Bertz CT molecular complexity index is 1260. The van der Waals surface area contributed by atoms with Gasteiger partial charge >= 0.3 is 25.8 Å². The molecule has 0 aliphatic carbocycles. The molecule has 0 aliphatic heterocycles. The molecule has 32 heavy (non-hydrogen) atoms. The first-order chi connectivity index (χ1) is 13.9. The Morgan fingerprint density at radius 1 is 0.812 bits per heavy atom. The maximum Gasteiger partial charge on any atom is 4.00 e. The maximum absolute atomic E-state index is 2.37. The van der Waals surface area contributed by atoms with E-state index in [0.29, 0.717) is 0 Å². The van der Waals surface area contributed by atoms with Crippen LogP contribution in [0.5, 0.6) is 0 Å². The first-order valence-electron chi connectivity index (χ1n) is 10.3. The van der Waals surface area contributed by atoms with Gasteiger partial charge in [-0.05, 0) is 31.2 Å². The Balaban J connectivity index is 0.000000369. The smallest absolute Gasteiger partial charge is 1.00 e. The zero-order chi connectivity index (χ0) is 20.7. The van der Waals surface area contributed by atoms with Gasteiger partial charge in [-0.1, -0.05) is 52.0 Å². The first kappa shape index (κ1) is 28.4. The standard InChI is InChI=1S/C19H16N.C9H13.2ClH.Hf/c1-13-14(2)20(19-10-6-5-9-18(13)19)17-11-15-7-3-4-8-16(15)12-17;1-6-5-7(2)9(4)8(6)3;;;/h3-12H,1-2H3;5H,1-4H3;2*1H;/q2*-1;;;+4/p-2. The molecule has 4 aromatic carbocycles. The number of nitrogens with zero attached hydrogens (tertiary/aromatic N) is 1. The molecule has 0 aliphatic rings. The molecule has 0 saturated heterocycles. The van der Waals surface area contributed by atoms with Crippen LogP contribution in [0.4, 0.5) is 0 Å². The Labute approximate surface area is 223 Å². The molecule has 0 bridgehead atoms. The van der Waals surface area contributed by atoms with Crippen molar-refractivity contribution in [2.75, 3.05) is 0 Å². The summed E-state index contributed by atoms with van der Waals surface area (Å²) in [6, 6.07) is 24.0. The van der Waals surface area contributed by atoms with E-state index in [4.69, 9.17) is 0 Å². The average Bonchev–Trinajstić information content (AvgIpc) is 3.32. The van der Waals surface area contributed by atoms with Crippen molar-refractivity contribution in [2.45, 2.75) is 41.5 Å². The molecule has 164 valence electrons. The molecule has 0 spiro atoms. The summed E-state index contributed by atoms with van der Waals surface area (Å²) < 4.78 is 2.37. The van der Waals surface area contributed by atoms with Crippen LogP contribution in [0, 0.1) is 41.5 Å². The second-order valence-corrected chi connectivity index (χ2v) is 8.17. The quantitative estimate of drug-likeness (QED) is 0.197. The normalized spacial score (nSPS) is 10.1. The molecule has 0 amide bonds. The second kappa shape index (κ2) is 11.5. The van der Waals surface area contributed by atoms with Crippen LogP contribution < -0.4 is 24.8 Å². The minimum atomic E-state index is 0. The van der Waals surface area contributed by atoms with Crippen LogP contribution >= 0.6 is 0 Å². The summed E-state index contributed by atoms with van der Waals surface area (Å²) in [5, 5.41) is 3.95. The molecule has 0 saturated carbocycles. The Morgan fingerprint density at radius 3 is 2.00 bits per heavy atom. The van der Waals surface area contributed by atoms with Gasteiger partial charge in [-0.2, -0.15) is 28.3 Å². The predicted octanol–water partition coefficient (Wildman–Crippen LogP) is 1.76. The second-order valence-electron chi connectivity index (χ2n) is 8.17. The SMILES string of the molecule is Cc1c(C)n(-c2cc3ccccc3[cH-]2)c2ccccc12.Cc1c[c-](C)c(C)c1C.[Cl-].[Cl-].[Hf+4]. The number of benzene rings is 2. The summed E-state index contributed by atoms with van der Waals surface area (Å²) in [6.45, 7) is 13.1. The van der Waals surface area contributed by atoms with Gasteiger partial charge < -0.3 is 29.4 Å². The first-order valence-corrected chi connectivity index (χ1v) is 10.3. The van der Waals surface area contributed by atoms with E-state index >= 15 is 0 Å². The van der Waals surface area contributed by atoms with E-state index < -0.39 is 0 Å². The molecule has 5 rings (SSSR count). The summed E-state index contributed by atoms with van der Waals surface area (Å²) in [6.07, 6.45) is 0. The van der Waals surface area contributed by atoms with Crippen molar-refractivity contribution in [1.82, 2.24) is 4.57 Å². The molecule has 1 aromatic heterocycles. The van der Waals surface area contributed by atoms with E-state index in [2.05, 4.69) is 113 Å². The molecule has 5 aromatic rings. The van der Waals surface area contributed by atoms with Crippen LogP contribution in [-0.4, -0.2) is 4.57 Å². The predicted molar refractivity (Wildman–Crippen MR) is 127 cm³/mol. The van der Waals surface area contributed by atoms with Crippen molar-refractivity contribution < 1.29 is 50.7 Å². The van der Waals surface area contributed by atoms with Crippen LogP contribution in [-0.2, 0) is 25.8 Å². The van der Waals surface area contributed by atoms with E-state index in [1.807, 2.05) is 0 Å². The van der Waals surface area contributed by atoms with Gasteiger partial charge in [0.15, 0.2) is 0 Å². The Kier molecular flexibility index (Phi) is 10.2. The molecular weight excluding hydrogens is 600 g/mol. The number of hydrogen-bond acceptors (Lipinski definition) is 0. The molecule has 0 fully saturated rings. The summed E-state index contributed by atoms with van der Waals surface area (Å²) >= 11 is 0. The van der Waals surface area contributed by atoms with Crippen LogP contribution in [0.25, 0.3) is 27.4 Å². The number of hydrogen-bond donors (Lipinski definition) is 0. The molecule has 4 heteroatoms. The van der Waals surface area contributed by atoms with Gasteiger partial charge in [0.2, 0.25) is 0 Å². The minimum absolute atomic E-state index is 0. The van der Waals surface area contributed by atoms with Gasteiger partial charge in [-0.25, -0.2) is 0 Å². The molecule has 0 N–H and O–H groups in total. The van der Waals surface area contributed by atoms with E-state index in [-0.39, 0.29) is 50.7 Å². The van der Waals surface area contributed by atoms with Gasteiger partial charge in [0.05, 0.1) is 5.52 Å². The van der Waals surface area contributed by atoms with Gasteiger partial charge in [0.1, 0.15) is 0 Å². The molecular formula is C28H29Cl2HfN. The third-order valence-electron chi connectivity index (χ3n) is 6.47. The van der Waals surface area contributed by atoms with Gasteiger partial charge in [-0.3, -0.25) is 0 Å². The third kappa shape index (κ3) is 5.14. The van der Waals surface area contributed by atoms with Gasteiger partial charge in [-0.15, -0.1) is 41.1 Å². The van der Waals surface area contributed by atoms with Gasteiger partial charge in [0.25, 0.3) is 0 Å². The molecule has 0 unspecified atom stereocenters. The van der Waals surface area contributed by atoms with Crippen LogP contribution in [0.1, 0.15) is 33.5 Å². The summed E-state index contributed by atoms with van der Waals surface area (Å²) in [4.78, 5) is 0. The molecule has 0 atom stereocenters. The third-order valence-corrected chi connectivity index (χ3v) is 6.47. The van der Waals surface area contributed by atoms with E-state index in [0.717, 1.165) is 0 Å². The number of para-hydroxylation sites is 1. The number of aromatic nitrogens is 1. The summed E-state index contributed by atoms with van der Waals surface area (Å²) in [5.41, 5.74) is 11.0. The number of halogens is 2. The Hall–Kier alpha value is -1.61. The molecule has 0 radical (unpaired) electrons. The monoisotopic (exact) mass is 629 g/mol. The van der Waals surface area contributed by atoms with Crippen LogP contribution in [0.15, 0.2) is 66.7 Å². The fourth-order valence-corrected chi connectivity index (χ4v) is 4.26. The van der Waals surface area contributed by atoms with Crippen LogP contribution in [0.3, 0.4) is 0 Å². The van der Waals surface area contributed by atoms with Gasteiger partial charge in [0, 0.05) is 11.1 Å². The summed E-state index contributed by atoms with van der Waals surface area (Å²) in [5.74, 6) is 0. The van der Waals surface area contributed by atoms with Crippen molar-refractivity contribution in [1.29, 1.82) is 0 Å². The summed E-state index contributed by atoms with van der Waals surface area (Å²) in [7, 11) is 0. The van der Waals surface area contributed by atoms with Crippen molar-refractivity contribution in [3.63, 3.8) is 0 Å². The maximum atomic E-state index is 2.37. The van der Waals surface area contributed by atoms with Crippen molar-refractivity contribution in [3.05, 3.63) is 100 Å². The van der Waals surface area contributed by atoms with Crippen molar-refractivity contribution >= 4 is 21.7 Å². The molecule has 1 nitrogen and oxygen atoms in total. The average molecular weight is 629 g/mol. The van der Waals surface area contributed by atoms with Crippen molar-refractivity contribution in [3.8, 4) is 5.69 Å². The topological polar surface area (TPSA) is 4.93 Å². The largest absolute Gasteiger partial charge is 4.00 e.